The molecular formula is C24H24N12O3. The van der Waals surface area contributed by atoms with Crippen molar-refractivity contribution in [2.45, 2.75) is 39.0 Å². The van der Waals surface area contributed by atoms with Gasteiger partial charge >= 0.3 is 0 Å². The van der Waals surface area contributed by atoms with Gasteiger partial charge in [0.2, 0.25) is 23.5 Å². The normalized spacial score (nSPS) is 10.6. The molecule has 4 aromatic rings. The van der Waals surface area contributed by atoms with Crippen LogP contribution in [0.2, 0.25) is 0 Å². The molecule has 0 bridgehead atoms. The first kappa shape index (κ1) is 26.8. The van der Waals surface area contributed by atoms with Crippen molar-refractivity contribution >= 4 is 29.0 Å². The molecule has 0 fully saturated rings. The average molecular weight is 529 g/mol. The van der Waals surface area contributed by atoms with Crippen LogP contribution in [0, 0.1) is 0 Å². The van der Waals surface area contributed by atoms with E-state index in [9.17, 15) is 14.4 Å². The number of hydrogen-bond acceptors (Lipinski definition) is 13. The van der Waals surface area contributed by atoms with Crippen LogP contribution in [0.1, 0.15) is 39.0 Å². The number of hydrogen-bond donors (Lipinski definition) is 1. The summed E-state index contributed by atoms with van der Waals surface area (Å²) in [6.45, 7) is 1.77. The number of amides is 2. The summed E-state index contributed by atoms with van der Waals surface area (Å²) in [6.07, 6.45) is 6.97. The lowest BCUT2D eigenvalue weighted by atomic mass is 10.1. The quantitative estimate of drug-likeness (QED) is 0.278. The molecule has 4 rings (SSSR count). The van der Waals surface area contributed by atoms with Gasteiger partial charge in [-0.3, -0.25) is 19.6 Å². The van der Waals surface area contributed by atoms with Gasteiger partial charge in [0.15, 0.2) is 12.7 Å². The minimum Gasteiger partial charge on any atom is -0.325 e. The molecular weight excluding hydrogens is 504 g/mol. The lowest BCUT2D eigenvalue weighted by Gasteiger charge is -2.23. The maximum atomic E-state index is 13.0. The van der Waals surface area contributed by atoms with Crippen LogP contribution in [0.5, 0.6) is 0 Å². The second kappa shape index (κ2) is 13.4. The second-order valence-electron chi connectivity index (χ2n) is 8.33. The van der Waals surface area contributed by atoms with Gasteiger partial charge in [-0.25, -0.2) is 0 Å². The first-order valence-corrected chi connectivity index (χ1v) is 12.0. The number of nitrogens with zero attached hydrogens (tertiary/aromatic N) is 11. The Bertz CT molecular complexity index is 1390. The monoisotopic (exact) mass is 528 g/mol. The predicted molar refractivity (Wildman–Crippen MR) is 136 cm³/mol. The molecule has 2 amide bonds. The number of Topliss-reactive ketones (excluding diaryl/α,β-unsaturated/α-hetero) is 1. The first-order valence-electron chi connectivity index (χ1n) is 12.0. The van der Waals surface area contributed by atoms with Gasteiger partial charge in [0.05, 0.1) is 23.8 Å². The Kier molecular flexibility index (Phi) is 9.20. The standard InChI is InChI=1S/C24H24N12O3/c1-16(37)4-2-6-22(39)36(18-8-10-20(26-13-18)24-34-29-15-30-35-24)11-3-5-21(38)31-17-7-9-19(25-12-17)23-32-27-14-28-33-23/h7-10,12-15H,2-6,11H2,1H3,(H,31,38). The summed E-state index contributed by atoms with van der Waals surface area (Å²) in [5.41, 5.74) is 1.98. The van der Waals surface area contributed by atoms with Gasteiger partial charge in [-0.1, -0.05) is 0 Å². The van der Waals surface area contributed by atoms with Crippen molar-refractivity contribution in [2.24, 2.45) is 0 Å². The molecule has 4 heterocycles. The van der Waals surface area contributed by atoms with Crippen LogP contribution in [-0.2, 0) is 14.4 Å². The molecule has 0 spiro atoms. The molecule has 1 N–H and O–H groups in total. The lowest BCUT2D eigenvalue weighted by molar-refractivity contribution is -0.120. The molecule has 15 nitrogen and oxygen atoms in total. The Balaban J connectivity index is 1.36. The highest BCUT2D eigenvalue weighted by Gasteiger charge is 2.18. The fourth-order valence-electron chi connectivity index (χ4n) is 3.53. The average Bonchev–Trinajstić information content (AvgIpc) is 2.96. The molecule has 0 atom stereocenters. The summed E-state index contributed by atoms with van der Waals surface area (Å²) in [7, 11) is 0. The minimum absolute atomic E-state index is 0.0225. The molecule has 39 heavy (non-hydrogen) atoms. The van der Waals surface area contributed by atoms with Crippen molar-refractivity contribution in [2.75, 3.05) is 16.8 Å². The first-order chi connectivity index (χ1) is 19.0. The molecule has 0 saturated heterocycles. The van der Waals surface area contributed by atoms with E-state index in [4.69, 9.17) is 0 Å². The van der Waals surface area contributed by atoms with Gasteiger partial charge in [0.1, 0.15) is 17.2 Å². The van der Waals surface area contributed by atoms with Crippen LogP contribution in [0.4, 0.5) is 11.4 Å². The molecule has 0 aliphatic carbocycles. The van der Waals surface area contributed by atoms with E-state index in [2.05, 4.69) is 56.1 Å². The highest BCUT2D eigenvalue weighted by molar-refractivity contribution is 5.94. The third-order valence-electron chi connectivity index (χ3n) is 5.39. The SMILES string of the molecule is CC(=O)CCCC(=O)N(CCCC(=O)Nc1ccc(-c2nncnn2)nc1)c1ccc(-c2nncnn2)nc1. The van der Waals surface area contributed by atoms with Crippen LogP contribution in [-0.4, -0.2) is 74.9 Å². The van der Waals surface area contributed by atoms with Crippen molar-refractivity contribution in [3.8, 4) is 23.0 Å². The van der Waals surface area contributed by atoms with E-state index in [1.807, 2.05) is 0 Å². The number of rotatable bonds is 12. The number of ketones is 1. The summed E-state index contributed by atoms with van der Waals surface area (Å²) in [5, 5.41) is 32.9. The molecule has 15 heteroatoms. The van der Waals surface area contributed by atoms with Gasteiger partial charge in [-0.2, -0.15) is 0 Å². The molecule has 0 aliphatic heterocycles. The lowest BCUT2D eigenvalue weighted by Crippen LogP contribution is -2.32. The molecule has 198 valence electrons. The van der Waals surface area contributed by atoms with Crippen LogP contribution >= 0.6 is 0 Å². The Morgan fingerprint density at radius 1 is 0.744 bits per heavy atom. The number of nitrogens with one attached hydrogen (secondary N) is 1. The zero-order chi connectivity index (χ0) is 27.5. The second-order valence-corrected chi connectivity index (χ2v) is 8.33. The largest absolute Gasteiger partial charge is 0.325 e. The molecule has 0 radical (unpaired) electrons. The third kappa shape index (κ3) is 7.88. The van der Waals surface area contributed by atoms with Crippen LogP contribution in [0.25, 0.3) is 23.0 Å². The van der Waals surface area contributed by atoms with E-state index in [1.165, 1.54) is 32.0 Å². The van der Waals surface area contributed by atoms with Gasteiger partial charge in [0, 0.05) is 25.8 Å². The molecule has 0 saturated carbocycles. The Labute approximate surface area is 222 Å². The molecule has 0 unspecified atom stereocenters. The number of anilines is 2. The van der Waals surface area contributed by atoms with E-state index in [0.717, 1.165) is 0 Å². The van der Waals surface area contributed by atoms with E-state index in [0.29, 0.717) is 42.0 Å². The maximum Gasteiger partial charge on any atom is 0.227 e. The smallest absolute Gasteiger partial charge is 0.227 e. The summed E-state index contributed by atoms with van der Waals surface area (Å²) in [6, 6.07) is 6.71. The Morgan fingerprint density at radius 2 is 1.36 bits per heavy atom. The summed E-state index contributed by atoms with van der Waals surface area (Å²) in [5.74, 6) is 0.150. The van der Waals surface area contributed by atoms with Gasteiger partial charge in [0.25, 0.3) is 0 Å². The highest BCUT2D eigenvalue weighted by Crippen LogP contribution is 2.20. The fraction of sp³-hybridized carbons (Fsp3) is 0.292. The van der Waals surface area contributed by atoms with E-state index < -0.39 is 0 Å². The zero-order valence-corrected chi connectivity index (χ0v) is 21.0. The van der Waals surface area contributed by atoms with E-state index >= 15 is 0 Å². The number of carbonyl (C=O) groups is 3. The topological polar surface area (TPSA) is 195 Å². The molecule has 4 aromatic heterocycles. The number of carbonyl (C=O) groups excluding carboxylic acids is 3. The van der Waals surface area contributed by atoms with Crippen molar-refractivity contribution in [3.63, 3.8) is 0 Å². The van der Waals surface area contributed by atoms with Gasteiger partial charge < -0.3 is 15.0 Å². The predicted octanol–water partition coefficient (Wildman–Crippen LogP) is 1.48. The summed E-state index contributed by atoms with van der Waals surface area (Å²) in [4.78, 5) is 47.0. The van der Waals surface area contributed by atoms with Crippen molar-refractivity contribution < 1.29 is 14.4 Å². The van der Waals surface area contributed by atoms with Crippen molar-refractivity contribution in [1.82, 2.24) is 50.8 Å². The number of pyridine rings is 2. The van der Waals surface area contributed by atoms with Crippen LogP contribution in [0.15, 0.2) is 49.3 Å². The highest BCUT2D eigenvalue weighted by atomic mass is 16.2. The van der Waals surface area contributed by atoms with E-state index in [1.54, 1.807) is 29.2 Å². The third-order valence-corrected chi connectivity index (χ3v) is 5.39. The van der Waals surface area contributed by atoms with Crippen molar-refractivity contribution in [3.05, 3.63) is 49.3 Å². The number of aromatic nitrogens is 10. The Morgan fingerprint density at radius 3 is 1.90 bits per heavy atom. The molecule has 0 aliphatic rings. The maximum absolute atomic E-state index is 13.0. The minimum atomic E-state index is -0.234. The van der Waals surface area contributed by atoms with Crippen LogP contribution in [0.3, 0.4) is 0 Å². The van der Waals surface area contributed by atoms with Crippen molar-refractivity contribution in [1.29, 1.82) is 0 Å². The fourth-order valence-corrected chi connectivity index (χ4v) is 3.53. The summed E-state index contributed by atoms with van der Waals surface area (Å²) >= 11 is 0. The van der Waals surface area contributed by atoms with E-state index in [-0.39, 0.29) is 48.6 Å². The van der Waals surface area contributed by atoms with Crippen LogP contribution < -0.4 is 10.2 Å². The van der Waals surface area contributed by atoms with Gasteiger partial charge in [-0.05, 0) is 44.0 Å². The summed E-state index contributed by atoms with van der Waals surface area (Å²) < 4.78 is 0. The van der Waals surface area contributed by atoms with Gasteiger partial charge in [-0.15, -0.1) is 40.8 Å². The molecule has 0 aromatic carbocycles. The zero-order valence-electron chi connectivity index (χ0n) is 21.0. The Hall–Kier alpha value is -5.21.